The van der Waals surface area contributed by atoms with Crippen LogP contribution in [0.5, 0.6) is 0 Å². The highest BCUT2D eigenvalue weighted by atomic mass is 16.6. The molecule has 2 aromatic heterocycles. The van der Waals surface area contributed by atoms with E-state index in [0.717, 1.165) is 49.0 Å². The molecule has 9 nitrogen and oxygen atoms in total. The van der Waals surface area contributed by atoms with Crippen LogP contribution in [0.1, 0.15) is 86.3 Å². The summed E-state index contributed by atoms with van der Waals surface area (Å²) in [5, 5.41) is 7.90. The van der Waals surface area contributed by atoms with Crippen molar-refractivity contribution in [1.82, 2.24) is 30.0 Å². The second kappa shape index (κ2) is 8.82. The molecule has 2 saturated heterocycles. The van der Waals surface area contributed by atoms with Crippen LogP contribution in [0.3, 0.4) is 0 Å². The van der Waals surface area contributed by atoms with Crippen LogP contribution in [0.4, 0.5) is 4.79 Å². The minimum atomic E-state index is -0.506. The van der Waals surface area contributed by atoms with Gasteiger partial charge in [-0.15, -0.1) is 0 Å². The van der Waals surface area contributed by atoms with Crippen molar-refractivity contribution >= 4 is 23.2 Å². The number of fused-ring (bicyclic) bond motifs is 3. The van der Waals surface area contributed by atoms with Gasteiger partial charge in [0.1, 0.15) is 11.1 Å². The maximum Gasteiger partial charge on any atom is 0.410 e. The zero-order valence-corrected chi connectivity index (χ0v) is 21.8. The van der Waals surface area contributed by atoms with Gasteiger partial charge in [0.25, 0.3) is 5.91 Å². The lowest BCUT2D eigenvalue weighted by Gasteiger charge is -2.39. The number of carbonyl (C=O) groups excluding carboxylic acids is 2. The third-order valence-electron chi connectivity index (χ3n) is 7.90. The summed E-state index contributed by atoms with van der Waals surface area (Å²) in [6, 6.07) is 8.27. The Morgan fingerprint density at radius 1 is 0.973 bits per heavy atom. The van der Waals surface area contributed by atoms with Gasteiger partial charge in [-0.1, -0.05) is 12.1 Å². The molecule has 3 aromatic rings. The van der Waals surface area contributed by atoms with Crippen molar-refractivity contribution in [2.45, 2.75) is 88.4 Å². The Bertz CT molecular complexity index is 1330. The molecule has 1 aromatic carbocycles. The van der Waals surface area contributed by atoms with Crippen LogP contribution in [-0.2, 0) is 11.8 Å². The molecule has 1 saturated carbocycles. The number of hydrogen-bond acceptors (Lipinski definition) is 6. The monoisotopic (exact) mass is 502 g/mol. The Kier molecular flexibility index (Phi) is 5.69. The van der Waals surface area contributed by atoms with E-state index < -0.39 is 5.60 Å². The van der Waals surface area contributed by atoms with Gasteiger partial charge in [-0.3, -0.25) is 4.79 Å². The van der Waals surface area contributed by atoms with Crippen LogP contribution in [0.25, 0.3) is 11.2 Å². The van der Waals surface area contributed by atoms with Gasteiger partial charge < -0.3 is 15.0 Å². The highest BCUT2D eigenvalue weighted by molar-refractivity contribution is 5.94. The van der Waals surface area contributed by atoms with Crippen molar-refractivity contribution in [3.63, 3.8) is 0 Å². The highest BCUT2D eigenvalue weighted by Crippen LogP contribution is 2.55. The molecule has 194 valence electrons. The molecule has 0 radical (unpaired) electrons. The van der Waals surface area contributed by atoms with E-state index in [0.29, 0.717) is 17.4 Å². The number of nitrogens with zero attached hydrogens (tertiary/aromatic N) is 5. The highest BCUT2D eigenvalue weighted by Gasteiger charge is 2.45. The second-order valence-electron chi connectivity index (χ2n) is 11.7. The number of hydrogen-bond donors (Lipinski definition) is 1. The van der Waals surface area contributed by atoms with Gasteiger partial charge in [-0.05, 0) is 76.5 Å². The van der Waals surface area contributed by atoms with Gasteiger partial charge in [-0.25, -0.2) is 19.4 Å². The molecular weight excluding hydrogens is 468 g/mol. The zero-order valence-electron chi connectivity index (χ0n) is 21.8. The molecule has 2 aliphatic heterocycles. The van der Waals surface area contributed by atoms with Crippen molar-refractivity contribution < 1.29 is 14.3 Å². The molecule has 2 bridgehead atoms. The average Bonchev–Trinajstić information content (AvgIpc) is 3.51. The van der Waals surface area contributed by atoms with Crippen LogP contribution < -0.4 is 5.32 Å². The number of amides is 2. The van der Waals surface area contributed by atoms with Gasteiger partial charge in [0.15, 0.2) is 5.65 Å². The van der Waals surface area contributed by atoms with Crippen LogP contribution in [0.2, 0.25) is 0 Å². The SMILES string of the molecule is Cn1nc(C2CC2c2ccc(C(=O)NC3C[C@H]4CC[C@@H](C3)N4C(=O)OC(C)(C)C)cc2)c2nccnc21. The summed E-state index contributed by atoms with van der Waals surface area (Å²) in [7, 11) is 1.90. The maximum absolute atomic E-state index is 13.0. The Labute approximate surface area is 216 Å². The molecule has 3 unspecified atom stereocenters. The number of piperidine rings is 1. The largest absolute Gasteiger partial charge is 0.444 e. The third-order valence-corrected chi connectivity index (χ3v) is 7.90. The number of ether oxygens (including phenoxy) is 1. The number of nitrogens with one attached hydrogen (secondary N) is 1. The smallest absolute Gasteiger partial charge is 0.410 e. The first-order chi connectivity index (χ1) is 17.7. The number of aryl methyl sites for hydroxylation is 1. The summed E-state index contributed by atoms with van der Waals surface area (Å²) in [5.74, 6) is 0.649. The first-order valence-electron chi connectivity index (χ1n) is 13.2. The van der Waals surface area contributed by atoms with Gasteiger partial charge in [-0.2, -0.15) is 5.10 Å². The van der Waals surface area contributed by atoms with Crippen molar-refractivity contribution in [1.29, 1.82) is 0 Å². The maximum atomic E-state index is 13.0. The summed E-state index contributed by atoms with van der Waals surface area (Å²) < 4.78 is 7.42. The van der Waals surface area contributed by atoms with Crippen molar-refractivity contribution in [3.8, 4) is 0 Å². The van der Waals surface area contributed by atoms with E-state index in [-0.39, 0.29) is 30.1 Å². The standard InChI is InChI=1S/C28H34N6O3/c1-28(2,3)37-27(36)34-19-9-10-20(34)14-18(13-19)31-26(35)17-7-5-16(6-8-17)21-15-22(21)23-24-25(33(4)32-23)30-12-11-29-24/h5-8,11-12,18-22H,9-10,13-15H2,1-4H3,(H,31,35)/t18?,19-,20+,21?,22?. The van der Waals surface area contributed by atoms with E-state index in [4.69, 9.17) is 4.74 Å². The molecular formula is C28H34N6O3. The molecule has 3 fully saturated rings. The quantitative estimate of drug-likeness (QED) is 0.571. The lowest BCUT2D eigenvalue weighted by atomic mass is 9.97. The van der Waals surface area contributed by atoms with Crippen LogP contribution >= 0.6 is 0 Å². The summed E-state index contributed by atoms with van der Waals surface area (Å²) >= 11 is 0. The molecule has 6 rings (SSSR count). The Hall–Kier alpha value is -3.49. The van der Waals surface area contributed by atoms with Gasteiger partial charge in [0, 0.05) is 49.0 Å². The van der Waals surface area contributed by atoms with Crippen LogP contribution in [-0.4, -0.2) is 60.4 Å². The number of rotatable bonds is 4. The average molecular weight is 503 g/mol. The molecule has 1 N–H and O–H groups in total. The Balaban J connectivity index is 1.07. The lowest BCUT2D eigenvalue weighted by Crippen LogP contribution is -2.53. The van der Waals surface area contributed by atoms with E-state index >= 15 is 0 Å². The molecule has 37 heavy (non-hydrogen) atoms. The van der Waals surface area contributed by atoms with E-state index in [1.807, 2.05) is 44.9 Å². The first-order valence-corrected chi connectivity index (χ1v) is 13.2. The fourth-order valence-electron chi connectivity index (χ4n) is 6.18. The Morgan fingerprint density at radius 3 is 2.32 bits per heavy atom. The van der Waals surface area contributed by atoms with E-state index in [1.54, 1.807) is 17.1 Å². The molecule has 2 amide bonds. The fourth-order valence-corrected chi connectivity index (χ4v) is 6.18. The van der Waals surface area contributed by atoms with E-state index in [1.165, 1.54) is 5.56 Å². The van der Waals surface area contributed by atoms with Crippen LogP contribution in [0, 0.1) is 0 Å². The van der Waals surface area contributed by atoms with E-state index in [9.17, 15) is 9.59 Å². The summed E-state index contributed by atoms with van der Waals surface area (Å²) in [6.45, 7) is 5.68. The molecule has 0 spiro atoms. The predicted molar refractivity (Wildman–Crippen MR) is 138 cm³/mol. The van der Waals surface area contributed by atoms with Crippen molar-refractivity contribution in [2.75, 3.05) is 0 Å². The molecule has 3 aliphatic rings. The van der Waals surface area contributed by atoms with E-state index in [2.05, 4.69) is 32.5 Å². The minimum absolute atomic E-state index is 0.0555. The number of benzene rings is 1. The lowest BCUT2D eigenvalue weighted by molar-refractivity contribution is 0.00500. The Morgan fingerprint density at radius 2 is 1.65 bits per heavy atom. The topological polar surface area (TPSA) is 102 Å². The summed E-state index contributed by atoms with van der Waals surface area (Å²) in [6.07, 6.45) is 7.66. The van der Waals surface area contributed by atoms with Gasteiger partial charge >= 0.3 is 6.09 Å². The summed E-state index contributed by atoms with van der Waals surface area (Å²) in [4.78, 5) is 36.5. The van der Waals surface area contributed by atoms with Crippen LogP contribution in [0.15, 0.2) is 36.7 Å². The number of carbonyl (C=O) groups is 2. The van der Waals surface area contributed by atoms with Gasteiger partial charge in [0.2, 0.25) is 0 Å². The van der Waals surface area contributed by atoms with Gasteiger partial charge in [0.05, 0.1) is 5.69 Å². The predicted octanol–water partition coefficient (Wildman–Crippen LogP) is 4.29. The van der Waals surface area contributed by atoms with Crippen molar-refractivity contribution in [2.24, 2.45) is 7.05 Å². The molecule has 9 heteroatoms. The molecule has 1 aliphatic carbocycles. The minimum Gasteiger partial charge on any atom is -0.444 e. The van der Waals surface area contributed by atoms with Crippen molar-refractivity contribution in [3.05, 3.63) is 53.5 Å². The number of aromatic nitrogens is 4. The normalized spacial score (nSPS) is 26.8. The second-order valence-corrected chi connectivity index (χ2v) is 11.7. The fraction of sp³-hybridized carbons (Fsp3) is 0.536. The first kappa shape index (κ1) is 23.9. The zero-order chi connectivity index (χ0) is 25.9. The third kappa shape index (κ3) is 4.55. The molecule has 4 heterocycles. The molecule has 5 atom stereocenters. The summed E-state index contributed by atoms with van der Waals surface area (Å²) in [5.41, 5.74) is 4.06.